The molecule has 3 amide bonds. The summed E-state index contributed by atoms with van der Waals surface area (Å²) in [4.78, 5) is 29.4. The Hall–Kier alpha value is -1.79. The zero-order chi connectivity index (χ0) is 23.3. The number of benzene rings is 1. The lowest BCUT2D eigenvalue weighted by atomic mass is 9.48. The van der Waals surface area contributed by atoms with E-state index in [1.54, 1.807) is 0 Å². The second-order valence-electron chi connectivity index (χ2n) is 11.5. The number of anilines is 1. The van der Waals surface area contributed by atoms with E-state index in [-0.39, 0.29) is 17.9 Å². The van der Waals surface area contributed by atoms with Gasteiger partial charge in [-0.25, -0.2) is 4.79 Å². The average molecular weight is 486 g/mol. The van der Waals surface area contributed by atoms with E-state index >= 15 is 0 Å². The number of urea groups is 1. The Bertz CT molecular complexity index is 917. The number of nitrogens with zero attached hydrogens (tertiary/aromatic N) is 2. The van der Waals surface area contributed by atoms with Crippen LogP contribution in [0.1, 0.15) is 56.9 Å². The lowest BCUT2D eigenvalue weighted by Gasteiger charge is -2.57. The highest BCUT2D eigenvalue weighted by Gasteiger charge is 2.51. The van der Waals surface area contributed by atoms with Crippen LogP contribution in [0.3, 0.4) is 0 Å². The van der Waals surface area contributed by atoms with E-state index in [2.05, 4.69) is 17.4 Å². The summed E-state index contributed by atoms with van der Waals surface area (Å²) in [5.41, 5.74) is 2.36. The van der Waals surface area contributed by atoms with Gasteiger partial charge in [-0.15, -0.1) is 0 Å². The van der Waals surface area contributed by atoms with E-state index in [4.69, 9.17) is 16.3 Å². The van der Waals surface area contributed by atoms with Gasteiger partial charge in [0, 0.05) is 32.1 Å². The van der Waals surface area contributed by atoms with Crippen LogP contribution in [0.2, 0.25) is 5.02 Å². The summed E-state index contributed by atoms with van der Waals surface area (Å²) in [6, 6.07) is 6.21. The molecule has 7 rings (SSSR count). The number of nitrogens with one attached hydrogen (secondary N) is 1. The third kappa shape index (κ3) is 4.21. The Morgan fingerprint density at radius 3 is 2.12 bits per heavy atom. The molecule has 4 aliphatic carbocycles. The summed E-state index contributed by atoms with van der Waals surface area (Å²) in [5.74, 6) is 2.89. The van der Waals surface area contributed by atoms with Gasteiger partial charge < -0.3 is 19.9 Å². The van der Waals surface area contributed by atoms with Gasteiger partial charge in [-0.2, -0.15) is 0 Å². The molecule has 2 aliphatic heterocycles. The number of morpholine rings is 1. The van der Waals surface area contributed by atoms with Gasteiger partial charge in [0.2, 0.25) is 5.91 Å². The summed E-state index contributed by atoms with van der Waals surface area (Å²) < 4.78 is 5.35. The molecule has 1 N–H and O–H groups in total. The highest BCUT2D eigenvalue weighted by Crippen LogP contribution is 2.61. The summed E-state index contributed by atoms with van der Waals surface area (Å²) >= 11 is 6.71. The Balaban J connectivity index is 1.06. The van der Waals surface area contributed by atoms with Crippen LogP contribution in [0.4, 0.5) is 10.5 Å². The number of ether oxygens (including phenoxy) is 1. The highest BCUT2D eigenvalue weighted by atomic mass is 35.5. The van der Waals surface area contributed by atoms with Crippen LogP contribution in [0.5, 0.6) is 0 Å². The van der Waals surface area contributed by atoms with Crippen LogP contribution in [0, 0.1) is 23.7 Å². The maximum atomic E-state index is 12.9. The van der Waals surface area contributed by atoms with Crippen LogP contribution in [0.25, 0.3) is 0 Å². The SMILES string of the molecule is O=C(Nc1ccc(C23CC4CC(CC(C4)C2)C3)cc1Cl)N1CCC(C(=O)N2CCOCC2)CC1. The van der Waals surface area contributed by atoms with Crippen molar-refractivity contribution in [2.24, 2.45) is 23.7 Å². The third-order valence-corrected chi connectivity index (χ3v) is 9.63. The highest BCUT2D eigenvalue weighted by molar-refractivity contribution is 6.33. The van der Waals surface area contributed by atoms with E-state index in [1.165, 1.54) is 44.1 Å². The molecule has 7 heteroatoms. The van der Waals surface area contributed by atoms with E-state index in [9.17, 15) is 9.59 Å². The quantitative estimate of drug-likeness (QED) is 0.661. The normalized spacial score (nSPS) is 33.3. The third-order valence-electron chi connectivity index (χ3n) is 9.32. The first-order valence-electron chi connectivity index (χ1n) is 13.2. The van der Waals surface area contributed by atoms with E-state index in [0.717, 1.165) is 17.8 Å². The maximum Gasteiger partial charge on any atom is 0.321 e. The zero-order valence-corrected chi connectivity index (χ0v) is 20.7. The van der Waals surface area contributed by atoms with Crippen molar-refractivity contribution in [1.82, 2.24) is 9.80 Å². The van der Waals surface area contributed by atoms with Gasteiger partial charge in [0.05, 0.1) is 23.9 Å². The molecule has 6 nitrogen and oxygen atoms in total. The Kier molecular flexibility index (Phi) is 6.01. The van der Waals surface area contributed by atoms with Gasteiger partial charge in [-0.1, -0.05) is 17.7 Å². The number of carbonyl (C=O) groups is 2. The number of likely N-dealkylation sites (tertiary alicyclic amines) is 1. The van der Waals surface area contributed by atoms with Crippen LogP contribution < -0.4 is 5.32 Å². The number of halogens is 1. The molecule has 4 bridgehead atoms. The van der Waals surface area contributed by atoms with Gasteiger partial charge in [-0.05, 0) is 92.2 Å². The van der Waals surface area contributed by atoms with E-state index in [1.807, 2.05) is 15.9 Å². The smallest absolute Gasteiger partial charge is 0.321 e. The van der Waals surface area contributed by atoms with Crippen LogP contribution in [0.15, 0.2) is 18.2 Å². The first-order chi connectivity index (χ1) is 16.5. The lowest BCUT2D eigenvalue weighted by molar-refractivity contribution is -0.140. The largest absolute Gasteiger partial charge is 0.378 e. The zero-order valence-electron chi connectivity index (χ0n) is 19.9. The molecule has 1 aromatic carbocycles. The molecule has 6 fully saturated rings. The number of hydrogen-bond acceptors (Lipinski definition) is 3. The van der Waals surface area contributed by atoms with Crippen LogP contribution in [-0.4, -0.2) is 61.1 Å². The Morgan fingerprint density at radius 2 is 1.53 bits per heavy atom. The fourth-order valence-electron chi connectivity index (χ4n) is 7.98. The molecule has 0 atom stereocenters. The molecular weight excluding hydrogens is 450 g/mol. The molecule has 2 saturated heterocycles. The molecule has 184 valence electrons. The van der Waals surface area contributed by atoms with Gasteiger partial charge >= 0.3 is 6.03 Å². The fraction of sp³-hybridized carbons (Fsp3) is 0.704. The number of hydrogen-bond donors (Lipinski definition) is 1. The number of carbonyl (C=O) groups excluding carboxylic acids is 2. The predicted molar refractivity (Wildman–Crippen MR) is 132 cm³/mol. The van der Waals surface area contributed by atoms with E-state index < -0.39 is 0 Å². The molecule has 34 heavy (non-hydrogen) atoms. The molecule has 6 aliphatic rings. The Morgan fingerprint density at radius 1 is 0.912 bits per heavy atom. The summed E-state index contributed by atoms with van der Waals surface area (Å²) in [5, 5.41) is 3.67. The summed E-state index contributed by atoms with van der Waals surface area (Å²) in [6.07, 6.45) is 9.61. The first-order valence-corrected chi connectivity index (χ1v) is 13.6. The number of rotatable bonds is 3. The first kappa shape index (κ1) is 22.7. The second kappa shape index (κ2) is 9.02. The molecule has 0 aromatic heterocycles. The van der Waals surface area contributed by atoms with Gasteiger partial charge in [-0.3, -0.25) is 4.79 Å². The van der Waals surface area contributed by atoms with Crippen molar-refractivity contribution in [2.45, 2.75) is 56.8 Å². The maximum absolute atomic E-state index is 12.9. The molecular formula is C27H36ClN3O3. The van der Waals surface area contributed by atoms with Crippen molar-refractivity contribution in [3.8, 4) is 0 Å². The monoisotopic (exact) mass is 485 g/mol. The van der Waals surface area contributed by atoms with Gasteiger partial charge in [0.25, 0.3) is 0 Å². The van der Waals surface area contributed by atoms with Crippen molar-refractivity contribution < 1.29 is 14.3 Å². The molecule has 0 spiro atoms. The molecule has 1 aromatic rings. The fourth-order valence-corrected chi connectivity index (χ4v) is 8.20. The standard InChI is InChI=1S/C27H36ClN3O3/c28-23-14-22(27-15-18-11-19(16-27)13-20(12-18)17-27)1-2-24(23)29-26(33)31-5-3-21(4-6-31)25(32)30-7-9-34-10-8-30/h1-2,14,18-21H,3-13,15-17H2,(H,29,33). The van der Waals surface area contributed by atoms with Crippen LogP contribution in [-0.2, 0) is 14.9 Å². The van der Waals surface area contributed by atoms with Crippen LogP contribution >= 0.6 is 11.6 Å². The molecule has 2 heterocycles. The molecule has 0 radical (unpaired) electrons. The van der Waals surface area contributed by atoms with E-state index in [0.29, 0.717) is 68.4 Å². The average Bonchev–Trinajstić information content (AvgIpc) is 2.84. The van der Waals surface area contributed by atoms with Crippen molar-refractivity contribution in [3.05, 3.63) is 28.8 Å². The van der Waals surface area contributed by atoms with Crippen molar-refractivity contribution in [3.63, 3.8) is 0 Å². The number of piperidine rings is 1. The summed E-state index contributed by atoms with van der Waals surface area (Å²) in [6.45, 7) is 3.78. The van der Waals surface area contributed by atoms with Crippen molar-refractivity contribution in [2.75, 3.05) is 44.7 Å². The van der Waals surface area contributed by atoms with Crippen molar-refractivity contribution in [1.29, 1.82) is 0 Å². The molecule has 0 unspecified atom stereocenters. The Labute approximate surface area is 207 Å². The minimum Gasteiger partial charge on any atom is -0.378 e. The second-order valence-corrected chi connectivity index (χ2v) is 11.9. The van der Waals surface area contributed by atoms with Crippen molar-refractivity contribution >= 4 is 29.2 Å². The van der Waals surface area contributed by atoms with Gasteiger partial charge in [0.15, 0.2) is 0 Å². The molecule has 4 saturated carbocycles. The minimum atomic E-state index is -0.123. The lowest BCUT2D eigenvalue weighted by Crippen LogP contribution is -2.48. The number of amides is 3. The predicted octanol–water partition coefficient (Wildman–Crippen LogP) is 4.91. The minimum absolute atomic E-state index is 0.00491. The summed E-state index contributed by atoms with van der Waals surface area (Å²) in [7, 11) is 0. The topological polar surface area (TPSA) is 61.9 Å². The van der Waals surface area contributed by atoms with Gasteiger partial charge in [0.1, 0.15) is 0 Å².